The molecular formula is C29H30N4O. The third-order valence-corrected chi connectivity index (χ3v) is 7.08. The fourth-order valence-electron chi connectivity index (χ4n) is 5.10. The molecule has 0 unspecified atom stereocenters. The molecule has 1 aliphatic rings. The van der Waals surface area contributed by atoms with E-state index in [0.29, 0.717) is 0 Å². The number of aromatic nitrogens is 3. The van der Waals surface area contributed by atoms with Crippen LogP contribution in [0.15, 0.2) is 42.7 Å². The van der Waals surface area contributed by atoms with E-state index < -0.39 is 0 Å². The van der Waals surface area contributed by atoms with Crippen LogP contribution in [0.3, 0.4) is 0 Å². The van der Waals surface area contributed by atoms with Gasteiger partial charge in [0.1, 0.15) is 0 Å². The zero-order valence-corrected chi connectivity index (χ0v) is 20.5. The smallest absolute Gasteiger partial charge is 0.195 e. The largest absolute Gasteiger partial charge is 0.357 e. The molecule has 0 radical (unpaired) electrons. The summed E-state index contributed by atoms with van der Waals surface area (Å²) >= 11 is 0. The number of terminal acetylenes is 1. The molecule has 5 nitrogen and oxygen atoms in total. The van der Waals surface area contributed by atoms with E-state index >= 15 is 0 Å². The summed E-state index contributed by atoms with van der Waals surface area (Å²) in [5.41, 5.74) is 8.29. The maximum atomic E-state index is 13.8. The van der Waals surface area contributed by atoms with Crippen molar-refractivity contribution in [2.45, 2.75) is 39.2 Å². The van der Waals surface area contributed by atoms with E-state index in [0.717, 1.165) is 75.1 Å². The Hall–Kier alpha value is -3.62. The molecule has 2 aromatic heterocycles. The van der Waals surface area contributed by atoms with Crippen LogP contribution in [0.4, 0.5) is 0 Å². The molecule has 5 rings (SSSR count). The third-order valence-electron chi connectivity index (χ3n) is 7.08. The maximum Gasteiger partial charge on any atom is 0.195 e. The molecule has 0 saturated heterocycles. The first-order valence-corrected chi connectivity index (χ1v) is 11.8. The van der Waals surface area contributed by atoms with Gasteiger partial charge in [0.05, 0.1) is 18.3 Å². The third kappa shape index (κ3) is 3.38. The molecule has 0 spiro atoms. The number of hydrogen-bond acceptors (Lipinski definition) is 3. The number of carbonyl (C=O) groups is 1. The van der Waals surface area contributed by atoms with Crippen molar-refractivity contribution in [3.63, 3.8) is 0 Å². The number of ketones is 1. The Kier molecular flexibility index (Phi) is 5.22. The second kappa shape index (κ2) is 8.00. The highest BCUT2D eigenvalue weighted by atomic mass is 16.1. The molecule has 1 aliphatic carbocycles. The number of aromatic amines is 1. The van der Waals surface area contributed by atoms with Crippen molar-refractivity contribution in [2.24, 2.45) is 0 Å². The van der Waals surface area contributed by atoms with Crippen LogP contribution in [-0.4, -0.2) is 46.1 Å². The lowest BCUT2D eigenvalue weighted by Crippen LogP contribution is -2.30. The number of carbonyl (C=O) groups excluding carboxylic acids is 1. The van der Waals surface area contributed by atoms with Crippen molar-refractivity contribution >= 4 is 16.7 Å². The Labute approximate surface area is 200 Å². The van der Waals surface area contributed by atoms with Gasteiger partial charge in [-0.2, -0.15) is 5.10 Å². The fraction of sp³-hybridized carbons (Fsp3) is 0.310. The van der Waals surface area contributed by atoms with Crippen molar-refractivity contribution < 1.29 is 4.79 Å². The van der Waals surface area contributed by atoms with E-state index in [2.05, 4.69) is 74.1 Å². The number of benzene rings is 2. The van der Waals surface area contributed by atoms with Gasteiger partial charge in [0.25, 0.3) is 0 Å². The van der Waals surface area contributed by atoms with Crippen LogP contribution in [0.1, 0.15) is 59.1 Å². The molecule has 0 atom stereocenters. The molecule has 5 heteroatoms. The lowest BCUT2D eigenvalue weighted by Gasteiger charge is -2.33. The molecule has 172 valence electrons. The second-order valence-electron chi connectivity index (χ2n) is 9.94. The van der Waals surface area contributed by atoms with Crippen LogP contribution in [0.5, 0.6) is 0 Å². The van der Waals surface area contributed by atoms with Gasteiger partial charge in [-0.05, 0) is 61.5 Å². The quantitative estimate of drug-likeness (QED) is 0.435. The molecule has 34 heavy (non-hydrogen) atoms. The lowest BCUT2D eigenvalue weighted by molar-refractivity contribution is 0.103. The Morgan fingerprint density at radius 3 is 2.68 bits per heavy atom. The summed E-state index contributed by atoms with van der Waals surface area (Å²) in [5.74, 6) is 2.77. The molecule has 0 saturated carbocycles. The summed E-state index contributed by atoms with van der Waals surface area (Å²) < 4.78 is 1.99. The van der Waals surface area contributed by atoms with Crippen LogP contribution in [0, 0.1) is 12.3 Å². The van der Waals surface area contributed by atoms with Gasteiger partial charge in [0.15, 0.2) is 5.78 Å². The number of fused-ring (bicyclic) bond motifs is 4. The number of hydrogen-bond donors (Lipinski definition) is 1. The van der Waals surface area contributed by atoms with Gasteiger partial charge in [-0.3, -0.25) is 9.48 Å². The highest BCUT2D eigenvalue weighted by molar-refractivity contribution is 6.20. The number of likely N-dealkylation sites (N-methyl/N-ethyl adjacent to an activating group) is 1. The van der Waals surface area contributed by atoms with E-state index in [1.54, 1.807) is 0 Å². The SMILES string of the molecule is C#Cc1ccc2c3c([nH]c2c1)C(C)(C)c1cc(-c2cnn(CCN(C)C)c2)c(CC)cc1C3=O. The summed E-state index contributed by atoms with van der Waals surface area (Å²) in [6.07, 6.45) is 10.5. The Morgan fingerprint density at radius 1 is 1.18 bits per heavy atom. The first-order valence-electron chi connectivity index (χ1n) is 11.8. The minimum Gasteiger partial charge on any atom is -0.357 e. The van der Waals surface area contributed by atoms with Gasteiger partial charge in [-0.25, -0.2) is 0 Å². The van der Waals surface area contributed by atoms with Crippen LogP contribution in [0.2, 0.25) is 0 Å². The zero-order chi connectivity index (χ0) is 24.2. The molecule has 0 aliphatic heterocycles. The first-order chi connectivity index (χ1) is 16.2. The minimum absolute atomic E-state index is 0.0759. The monoisotopic (exact) mass is 450 g/mol. The minimum atomic E-state index is -0.365. The standard InChI is InChI=1S/C29H30N4O/c1-7-18-9-10-21-25(13-18)31-28-26(21)27(34)23-14-19(8-2)22(15-24(23)29(28,3)4)20-16-30-33(17-20)12-11-32(5)6/h1,9-10,13-17,31H,8,11-12H2,2-6H3. The average molecular weight is 451 g/mol. The van der Waals surface area contributed by atoms with Gasteiger partial charge in [0.2, 0.25) is 0 Å². The Balaban J connectivity index is 1.66. The van der Waals surface area contributed by atoms with Crippen molar-refractivity contribution in [1.82, 2.24) is 19.7 Å². The van der Waals surface area contributed by atoms with Crippen molar-refractivity contribution in [3.8, 4) is 23.5 Å². The maximum absolute atomic E-state index is 13.8. The number of aryl methyl sites for hydroxylation is 1. The predicted molar refractivity (Wildman–Crippen MR) is 137 cm³/mol. The first kappa shape index (κ1) is 22.2. The molecule has 4 aromatic rings. The van der Waals surface area contributed by atoms with Crippen molar-refractivity contribution in [3.05, 3.63) is 76.2 Å². The molecule has 1 N–H and O–H groups in total. The summed E-state index contributed by atoms with van der Waals surface area (Å²) in [4.78, 5) is 19.5. The van der Waals surface area contributed by atoms with Crippen LogP contribution < -0.4 is 0 Å². The predicted octanol–water partition coefficient (Wildman–Crippen LogP) is 5.01. The molecule has 2 aromatic carbocycles. The average Bonchev–Trinajstić information content (AvgIpc) is 3.45. The van der Waals surface area contributed by atoms with Gasteiger partial charge in [0, 0.05) is 51.4 Å². The van der Waals surface area contributed by atoms with Gasteiger partial charge < -0.3 is 9.88 Å². The molecule has 0 bridgehead atoms. The molecule has 0 fully saturated rings. The van der Waals surface area contributed by atoms with Gasteiger partial charge in [-0.15, -0.1) is 6.42 Å². The summed E-state index contributed by atoms with van der Waals surface area (Å²) in [6, 6.07) is 10.1. The van der Waals surface area contributed by atoms with E-state index in [4.69, 9.17) is 6.42 Å². The number of nitrogens with zero attached hydrogens (tertiary/aromatic N) is 3. The van der Waals surface area contributed by atoms with Crippen molar-refractivity contribution in [2.75, 3.05) is 20.6 Å². The number of rotatable bonds is 5. The Morgan fingerprint density at radius 2 is 1.97 bits per heavy atom. The lowest BCUT2D eigenvalue weighted by atomic mass is 9.70. The van der Waals surface area contributed by atoms with Gasteiger partial charge >= 0.3 is 0 Å². The highest BCUT2D eigenvalue weighted by Crippen LogP contribution is 2.45. The topological polar surface area (TPSA) is 53.9 Å². The van der Waals surface area contributed by atoms with Crippen molar-refractivity contribution in [1.29, 1.82) is 0 Å². The second-order valence-corrected chi connectivity index (χ2v) is 9.94. The van der Waals surface area contributed by atoms with Crippen LogP contribution in [0.25, 0.3) is 22.0 Å². The van der Waals surface area contributed by atoms with E-state index in [-0.39, 0.29) is 11.2 Å². The van der Waals surface area contributed by atoms with Crippen LogP contribution in [-0.2, 0) is 18.4 Å². The van der Waals surface area contributed by atoms with Crippen LogP contribution >= 0.6 is 0 Å². The Bertz CT molecular complexity index is 1480. The number of nitrogens with one attached hydrogen (secondary N) is 1. The normalized spacial score (nSPS) is 14.3. The zero-order valence-electron chi connectivity index (χ0n) is 20.5. The van der Waals surface area contributed by atoms with E-state index in [1.807, 2.05) is 29.1 Å². The summed E-state index contributed by atoms with van der Waals surface area (Å²) in [5, 5.41) is 5.52. The van der Waals surface area contributed by atoms with E-state index in [9.17, 15) is 4.79 Å². The summed E-state index contributed by atoms with van der Waals surface area (Å²) in [7, 11) is 4.13. The molecule has 0 amide bonds. The highest BCUT2D eigenvalue weighted by Gasteiger charge is 2.40. The number of H-pyrrole nitrogens is 1. The summed E-state index contributed by atoms with van der Waals surface area (Å²) in [6.45, 7) is 8.27. The fourth-order valence-corrected chi connectivity index (χ4v) is 5.10. The van der Waals surface area contributed by atoms with E-state index in [1.165, 1.54) is 0 Å². The van der Waals surface area contributed by atoms with Gasteiger partial charge in [-0.1, -0.05) is 32.8 Å². The molecule has 2 heterocycles. The molecular weight excluding hydrogens is 420 g/mol.